The highest BCUT2D eigenvalue weighted by Crippen LogP contribution is 2.27. The van der Waals surface area contributed by atoms with Crippen LogP contribution in [-0.2, 0) is 14.8 Å². The number of sulfonamides is 1. The van der Waals surface area contributed by atoms with Gasteiger partial charge in [0, 0.05) is 58.3 Å². The Bertz CT molecular complexity index is 929. The molecule has 0 bridgehead atoms. The highest BCUT2D eigenvalue weighted by molar-refractivity contribution is 7.89. The van der Waals surface area contributed by atoms with E-state index in [-0.39, 0.29) is 17.9 Å². The lowest BCUT2D eigenvalue weighted by molar-refractivity contribution is -0.138. The zero-order chi connectivity index (χ0) is 23.5. The zero-order valence-corrected chi connectivity index (χ0v) is 20.5. The van der Waals surface area contributed by atoms with Gasteiger partial charge in [0.05, 0.1) is 4.90 Å². The van der Waals surface area contributed by atoms with Crippen molar-refractivity contribution in [1.29, 1.82) is 0 Å². The number of nitrogens with zero attached hydrogens (tertiary/aromatic N) is 4. The summed E-state index contributed by atoms with van der Waals surface area (Å²) in [6.07, 6.45) is 1.06. The molecule has 0 aliphatic carbocycles. The summed E-state index contributed by atoms with van der Waals surface area (Å²) in [4.78, 5) is 31.3. The second-order valence-electron chi connectivity index (χ2n) is 8.71. The minimum absolute atomic E-state index is 0.0343. The van der Waals surface area contributed by atoms with Gasteiger partial charge in [0.1, 0.15) is 0 Å². The van der Waals surface area contributed by atoms with Crippen molar-refractivity contribution in [3.63, 3.8) is 0 Å². The normalized spacial score (nSPS) is 18.6. The molecule has 3 rings (SSSR count). The molecule has 3 amide bonds. The first-order valence-corrected chi connectivity index (χ1v) is 13.0. The van der Waals surface area contributed by atoms with Crippen LogP contribution in [0.5, 0.6) is 0 Å². The Morgan fingerprint density at radius 2 is 1.50 bits per heavy atom. The molecule has 32 heavy (non-hydrogen) atoms. The highest BCUT2D eigenvalue weighted by atomic mass is 32.2. The summed E-state index contributed by atoms with van der Waals surface area (Å²) in [7, 11) is -3.55. The maximum Gasteiger partial charge on any atom is 0.320 e. The molecule has 0 unspecified atom stereocenters. The third kappa shape index (κ3) is 5.09. The topological polar surface area (TPSA) is 81.2 Å². The molecule has 0 atom stereocenters. The molecule has 1 aromatic rings. The Labute approximate surface area is 192 Å². The Kier molecular flexibility index (Phi) is 7.82. The molecular formula is C23H36N4O4S. The van der Waals surface area contributed by atoms with Crippen molar-refractivity contribution in [2.45, 2.75) is 45.4 Å². The SMILES string of the molecule is CCN(CC)C(=O)N1CCN(C(=O)C2CCN(S(=O)(=O)c3ccc(C)cc3C)CC2)CC1. The van der Waals surface area contributed by atoms with Gasteiger partial charge in [0.2, 0.25) is 15.9 Å². The van der Waals surface area contributed by atoms with E-state index in [1.54, 1.807) is 11.0 Å². The average molecular weight is 465 g/mol. The van der Waals surface area contributed by atoms with E-state index >= 15 is 0 Å². The van der Waals surface area contributed by atoms with Gasteiger partial charge in [0.15, 0.2) is 0 Å². The maximum absolute atomic E-state index is 13.1. The molecule has 2 fully saturated rings. The van der Waals surface area contributed by atoms with Crippen molar-refractivity contribution in [2.24, 2.45) is 5.92 Å². The van der Waals surface area contributed by atoms with E-state index in [1.165, 1.54) is 4.31 Å². The maximum atomic E-state index is 13.1. The van der Waals surface area contributed by atoms with Gasteiger partial charge >= 0.3 is 6.03 Å². The van der Waals surface area contributed by atoms with E-state index in [1.807, 2.05) is 49.6 Å². The minimum Gasteiger partial charge on any atom is -0.339 e. The molecule has 8 nitrogen and oxygen atoms in total. The first kappa shape index (κ1) is 24.5. The number of benzene rings is 1. The average Bonchev–Trinajstić information content (AvgIpc) is 2.79. The summed E-state index contributed by atoms with van der Waals surface area (Å²) in [5, 5.41) is 0. The number of carbonyl (C=O) groups is 2. The number of piperazine rings is 1. The van der Waals surface area contributed by atoms with Gasteiger partial charge in [0.25, 0.3) is 0 Å². The van der Waals surface area contributed by atoms with Crippen molar-refractivity contribution in [3.8, 4) is 0 Å². The fourth-order valence-electron chi connectivity index (χ4n) is 4.64. The highest BCUT2D eigenvalue weighted by Gasteiger charge is 2.35. The lowest BCUT2D eigenvalue weighted by Gasteiger charge is -2.39. The molecule has 2 saturated heterocycles. The van der Waals surface area contributed by atoms with E-state index < -0.39 is 10.0 Å². The van der Waals surface area contributed by atoms with E-state index in [0.29, 0.717) is 70.1 Å². The summed E-state index contributed by atoms with van der Waals surface area (Å²) >= 11 is 0. The van der Waals surface area contributed by atoms with Crippen LogP contribution in [0, 0.1) is 19.8 Å². The van der Waals surface area contributed by atoms with Crippen LogP contribution in [0.15, 0.2) is 23.1 Å². The predicted octanol–water partition coefficient (Wildman–Crippen LogP) is 2.31. The van der Waals surface area contributed by atoms with Crippen LogP contribution in [-0.4, -0.2) is 91.7 Å². The lowest BCUT2D eigenvalue weighted by Crippen LogP contribution is -2.55. The van der Waals surface area contributed by atoms with Gasteiger partial charge in [-0.15, -0.1) is 0 Å². The van der Waals surface area contributed by atoms with E-state index in [2.05, 4.69) is 0 Å². The van der Waals surface area contributed by atoms with Crippen LogP contribution >= 0.6 is 0 Å². The largest absolute Gasteiger partial charge is 0.339 e. The quantitative estimate of drug-likeness (QED) is 0.670. The lowest BCUT2D eigenvalue weighted by atomic mass is 9.96. The van der Waals surface area contributed by atoms with Crippen molar-refractivity contribution < 1.29 is 18.0 Å². The smallest absolute Gasteiger partial charge is 0.320 e. The molecule has 2 heterocycles. The van der Waals surface area contributed by atoms with Crippen LogP contribution in [0.1, 0.15) is 37.8 Å². The van der Waals surface area contributed by atoms with E-state index in [4.69, 9.17) is 0 Å². The standard InChI is InChI=1S/C23H36N4O4S/c1-5-24(6-2)23(29)26-15-13-25(14-16-26)22(28)20-9-11-27(12-10-20)32(30,31)21-8-7-18(3)17-19(21)4/h7-8,17,20H,5-6,9-16H2,1-4H3. The molecule has 0 spiro atoms. The molecule has 9 heteroatoms. The summed E-state index contributed by atoms with van der Waals surface area (Å²) in [5.74, 6) is -0.0749. The van der Waals surface area contributed by atoms with E-state index in [9.17, 15) is 18.0 Å². The van der Waals surface area contributed by atoms with Crippen molar-refractivity contribution in [3.05, 3.63) is 29.3 Å². The van der Waals surface area contributed by atoms with E-state index in [0.717, 1.165) is 11.1 Å². The molecule has 0 N–H and O–H groups in total. The Balaban J connectivity index is 1.54. The molecule has 2 aliphatic rings. The molecule has 178 valence electrons. The fourth-order valence-corrected chi connectivity index (χ4v) is 6.32. The van der Waals surface area contributed by atoms with Crippen LogP contribution in [0.2, 0.25) is 0 Å². The number of urea groups is 1. The number of hydrogen-bond donors (Lipinski definition) is 0. The second-order valence-corrected chi connectivity index (χ2v) is 10.6. The Morgan fingerprint density at radius 3 is 2.03 bits per heavy atom. The molecular weight excluding hydrogens is 428 g/mol. The van der Waals surface area contributed by atoms with Gasteiger partial charge < -0.3 is 14.7 Å². The van der Waals surface area contributed by atoms with Crippen LogP contribution in [0.4, 0.5) is 4.79 Å². The Hall–Kier alpha value is -2.13. The van der Waals surface area contributed by atoms with Gasteiger partial charge in [-0.25, -0.2) is 13.2 Å². The summed E-state index contributed by atoms with van der Waals surface area (Å²) in [6, 6.07) is 5.41. The van der Waals surface area contributed by atoms with Gasteiger partial charge in [-0.3, -0.25) is 4.79 Å². The fraction of sp³-hybridized carbons (Fsp3) is 0.652. The summed E-state index contributed by atoms with van der Waals surface area (Å²) in [5.41, 5.74) is 1.78. The van der Waals surface area contributed by atoms with Crippen LogP contribution in [0.25, 0.3) is 0 Å². The number of carbonyl (C=O) groups excluding carboxylic acids is 2. The number of aryl methyl sites for hydroxylation is 2. The minimum atomic E-state index is -3.55. The van der Waals surface area contributed by atoms with Crippen molar-refractivity contribution >= 4 is 22.0 Å². The second kappa shape index (κ2) is 10.2. The zero-order valence-electron chi connectivity index (χ0n) is 19.7. The third-order valence-corrected chi connectivity index (χ3v) is 8.71. The molecule has 1 aromatic carbocycles. The van der Waals surface area contributed by atoms with Crippen LogP contribution in [0.3, 0.4) is 0 Å². The molecule has 0 saturated carbocycles. The number of amides is 3. The van der Waals surface area contributed by atoms with Gasteiger partial charge in [-0.2, -0.15) is 4.31 Å². The molecule has 2 aliphatic heterocycles. The number of hydrogen-bond acceptors (Lipinski definition) is 4. The molecule has 0 aromatic heterocycles. The summed E-state index contributed by atoms with van der Waals surface area (Å²) < 4.78 is 27.7. The number of rotatable bonds is 5. The first-order chi connectivity index (χ1) is 15.2. The Morgan fingerprint density at radius 1 is 0.938 bits per heavy atom. The first-order valence-electron chi connectivity index (χ1n) is 11.6. The summed E-state index contributed by atoms with van der Waals surface area (Å²) in [6.45, 7) is 11.9. The third-order valence-electron chi connectivity index (χ3n) is 6.65. The van der Waals surface area contributed by atoms with Gasteiger partial charge in [-0.05, 0) is 52.2 Å². The number of piperidine rings is 1. The predicted molar refractivity (Wildman–Crippen MR) is 124 cm³/mol. The molecule has 0 radical (unpaired) electrons. The van der Waals surface area contributed by atoms with Crippen LogP contribution < -0.4 is 0 Å². The van der Waals surface area contributed by atoms with Crippen molar-refractivity contribution in [1.82, 2.24) is 19.0 Å². The van der Waals surface area contributed by atoms with Crippen molar-refractivity contribution in [2.75, 3.05) is 52.4 Å². The van der Waals surface area contributed by atoms with Gasteiger partial charge in [-0.1, -0.05) is 17.7 Å². The monoisotopic (exact) mass is 464 g/mol.